The van der Waals surface area contributed by atoms with E-state index in [4.69, 9.17) is 0 Å². The zero-order chi connectivity index (χ0) is 7.61. The molecule has 0 radical (unpaired) electrons. The Morgan fingerprint density at radius 2 is 1.80 bits per heavy atom. The summed E-state index contributed by atoms with van der Waals surface area (Å²) >= 11 is 0. The molecule has 0 atom stereocenters. The molecule has 1 nitrogen and oxygen atoms in total. The third kappa shape index (κ3) is 1.48. The average molecular weight is 160 g/mol. The Hall–Kier alpha value is -0.110. The monoisotopic (exact) mass is 160 g/mol. The van der Waals surface area contributed by atoms with Gasteiger partial charge < -0.3 is 0 Å². The zero-order valence-electron chi connectivity index (χ0n) is 6.60. The minimum Gasteiger partial charge on any atom is -0.281 e. The van der Waals surface area contributed by atoms with Crippen LogP contribution < -0.4 is 0 Å². The molecule has 60 valence electrons. The summed E-state index contributed by atoms with van der Waals surface area (Å²) in [5.41, 5.74) is 0. The molecule has 1 rings (SSSR count). The number of hydrogen-bond acceptors (Lipinski definition) is 1. The molecule has 0 N–H and O–H groups in total. The Balaban J connectivity index is 2.66. The summed E-state index contributed by atoms with van der Waals surface area (Å²) in [6.07, 6.45) is 3.55. The molecule has 1 fully saturated rings. The normalized spacial score (nSPS) is 27.3. The smallest absolute Gasteiger partial charge is 0.00485 e. The summed E-state index contributed by atoms with van der Waals surface area (Å²) in [6.45, 7) is 5.70. The molecule has 1 saturated heterocycles. The third-order valence-corrected chi connectivity index (χ3v) is 5.70. The van der Waals surface area contributed by atoms with Crippen LogP contribution in [-0.4, -0.2) is 15.7 Å². The number of rotatable bonds is 1. The van der Waals surface area contributed by atoms with Crippen molar-refractivity contribution in [3.63, 3.8) is 0 Å². The summed E-state index contributed by atoms with van der Waals surface area (Å²) in [7, 11) is -1.88. The van der Waals surface area contributed by atoms with E-state index >= 15 is 0 Å². The van der Waals surface area contributed by atoms with E-state index < -0.39 is 9.93 Å². The first-order valence-electron chi connectivity index (χ1n) is 3.89. The van der Waals surface area contributed by atoms with Crippen molar-refractivity contribution in [2.45, 2.75) is 26.2 Å². The van der Waals surface area contributed by atoms with Crippen LogP contribution in [0.5, 0.6) is 0 Å². The number of allylic oxidation sites excluding steroid dienone is 1. The topological polar surface area (TPSA) is 17.1 Å². The summed E-state index contributed by atoms with van der Waals surface area (Å²) in [4.78, 5) is 0.937. The van der Waals surface area contributed by atoms with Crippen LogP contribution in [0.1, 0.15) is 26.2 Å². The molecule has 1 heterocycles. The van der Waals surface area contributed by atoms with Crippen molar-refractivity contribution in [3.8, 4) is 0 Å². The van der Waals surface area contributed by atoms with Gasteiger partial charge in [-0.2, -0.15) is 0 Å². The Morgan fingerprint density at radius 1 is 1.30 bits per heavy atom. The van der Waals surface area contributed by atoms with Gasteiger partial charge in [0.25, 0.3) is 0 Å². The molecule has 1 aliphatic rings. The summed E-state index contributed by atoms with van der Waals surface area (Å²) < 4.78 is 11.8. The minimum atomic E-state index is -1.88. The maximum atomic E-state index is 11.8. The first kappa shape index (κ1) is 7.99. The van der Waals surface area contributed by atoms with Gasteiger partial charge in [0.2, 0.25) is 0 Å². The molecule has 0 aromatic heterocycles. The van der Waals surface area contributed by atoms with Gasteiger partial charge in [0.05, 0.1) is 0 Å². The molecule has 0 spiro atoms. The molecule has 2 heteroatoms. The first-order chi connectivity index (χ1) is 4.65. The molecule has 1 aliphatic heterocycles. The minimum absolute atomic E-state index is 0.919. The van der Waals surface area contributed by atoms with E-state index in [0.29, 0.717) is 0 Å². The predicted octanol–water partition coefficient (Wildman–Crippen LogP) is 1.72. The molecule has 0 aromatic carbocycles. The fourth-order valence-corrected chi connectivity index (χ4v) is 3.86. The fourth-order valence-electron chi connectivity index (χ4n) is 1.40. The maximum Gasteiger partial charge on any atom is 0.00485 e. The van der Waals surface area contributed by atoms with E-state index in [1.807, 2.05) is 6.92 Å². The van der Waals surface area contributed by atoms with Crippen LogP contribution in [0.2, 0.25) is 0 Å². The second-order valence-corrected chi connectivity index (χ2v) is 6.57. The van der Waals surface area contributed by atoms with Gasteiger partial charge in [-0.05, 0) is 24.7 Å². The Labute approximate surface area is 63.9 Å². The average Bonchev–Trinajstić information content (AvgIpc) is 1.89. The van der Waals surface area contributed by atoms with Crippen LogP contribution in [0.3, 0.4) is 0 Å². The lowest BCUT2D eigenvalue weighted by Crippen LogP contribution is -2.25. The second kappa shape index (κ2) is 2.87. The van der Waals surface area contributed by atoms with Gasteiger partial charge in [-0.3, -0.25) is 4.21 Å². The predicted molar refractivity (Wildman–Crippen MR) is 47.9 cm³/mol. The first-order valence-corrected chi connectivity index (χ1v) is 5.97. The molecule has 0 bridgehead atoms. The van der Waals surface area contributed by atoms with E-state index in [1.54, 1.807) is 0 Å². The van der Waals surface area contributed by atoms with Crippen molar-refractivity contribution in [1.82, 2.24) is 0 Å². The van der Waals surface area contributed by atoms with Crippen molar-refractivity contribution in [1.29, 1.82) is 0 Å². The number of thiol groups is 1. The highest BCUT2D eigenvalue weighted by Gasteiger charge is 2.19. The lowest BCUT2D eigenvalue weighted by Gasteiger charge is -2.27. The van der Waals surface area contributed by atoms with Crippen molar-refractivity contribution in [2.75, 3.05) is 11.5 Å². The second-order valence-electron chi connectivity index (χ2n) is 3.13. The summed E-state index contributed by atoms with van der Waals surface area (Å²) in [6, 6.07) is 0. The van der Waals surface area contributed by atoms with Crippen molar-refractivity contribution >= 4 is 9.93 Å². The van der Waals surface area contributed by atoms with E-state index in [9.17, 15) is 4.21 Å². The van der Waals surface area contributed by atoms with E-state index in [2.05, 4.69) is 6.58 Å². The molecule has 0 amide bonds. The highest BCUT2D eigenvalue weighted by Crippen LogP contribution is 2.23. The van der Waals surface area contributed by atoms with Gasteiger partial charge in [-0.25, -0.2) is 0 Å². The van der Waals surface area contributed by atoms with Gasteiger partial charge in [0.15, 0.2) is 0 Å². The van der Waals surface area contributed by atoms with Crippen LogP contribution in [0, 0.1) is 0 Å². The summed E-state index contributed by atoms with van der Waals surface area (Å²) in [5.74, 6) is 1.84. The standard InChI is InChI=1S/C8H16OS/c1-8(2)10(9)6-4-3-5-7-10/h10H,1,3-7H2,2H3. The molecule has 0 aromatic rings. The van der Waals surface area contributed by atoms with Crippen LogP contribution in [0.15, 0.2) is 11.5 Å². The van der Waals surface area contributed by atoms with Crippen molar-refractivity contribution in [2.24, 2.45) is 0 Å². The van der Waals surface area contributed by atoms with Crippen LogP contribution in [0.4, 0.5) is 0 Å². The van der Waals surface area contributed by atoms with Crippen molar-refractivity contribution < 1.29 is 4.21 Å². The van der Waals surface area contributed by atoms with Crippen molar-refractivity contribution in [3.05, 3.63) is 11.5 Å². The Bertz CT molecular complexity index is 174. The number of hydrogen-bond donors (Lipinski definition) is 1. The van der Waals surface area contributed by atoms with E-state index in [-0.39, 0.29) is 0 Å². The maximum absolute atomic E-state index is 11.8. The zero-order valence-corrected chi connectivity index (χ0v) is 7.49. The molecule has 10 heavy (non-hydrogen) atoms. The lowest BCUT2D eigenvalue weighted by atomic mass is 10.3. The molecule has 0 saturated carbocycles. The Kier molecular flexibility index (Phi) is 2.29. The van der Waals surface area contributed by atoms with Crippen LogP contribution in [0.25, 0.3) is 0 Å². The van der Waals surface area contributed by atoms with E-state index in [0.717, 1.165) is 29.3 Å². The van der Waals surface area contributed by atoms with Gasteiger partial charge in [0.1, 0.15) is 0 Å². The van der Waals surface area contributed by atoms with Gasteiger partial charge in [-0.1, -0.05) is 22.9 Å². The molecular formula is C8H16OS. The third-order valence-electron chi connectivity index (χ3n) is 2.23. The summed E-state index contributed by atoms with van der Waals surface area (Å²) in [5, 5.41) is 0. The Morgan fingerprint density at radius 3 is 2.10 bits per heavy atom. The molecule has 0 unspecified atom stereocenters. The van der Waals surface area contributed by atoms with Gasteiger partial charge in [0, 0.05) is 11.5 Å². The highest BCUT2D eigenvalue weighted by molar-refractivity contribution is 8.06. The van der Waals surface area contributed by atoms with Crippen LogP contribution in [-0.2, 0) is 9.93 Å². The van der Waals surface area contributed by atoms with Gasteiger partial charge >= 0.3 is 0 Å². The molecular weight excluding hydrogens is 144 g/mol. The van der Waals surface area contributed by atoms with E-state index in [1.165, 1.54) is 6.42 Å². The van der Waals surface area contributed by atoms with Crippen LogP contribution >= 0.6 is 0 Å². The largest absolute Gasteiger partial charge is 0.281 e. The lowest BCUT2D eigenvalue weighted by molar-refractivity contribution is 0.647. The highest BCUT2D eigenvalue weighted by atomic mass is 32.2. The molecule has 0 aliphatic carbocycles. The SMILES string of the molecule is C=C(C)[SH]1(=O)CCCCC1. The van der Waals surface area contributed by atoms with Gasteiger partial charge in [-0.15, -0.1) is 0 Å². The quantitative estimate of drug-likeness (QED) is 0.578. The fraction of sp³-hybridized carbons (Fsp3) is 0.750.